The van der Waals surface area contributed by atoms with Gasteiger partial charge in [-0.2, -0.15) is 5.10 Å². The summed E-state index contributed by atoms with van der Waals surface area (Å²) < 4.78 is 0.968. The smallest absolute Gasteiger partial charge is 0.352 e. The molecule has 17 nitrogen and oxygen atoms in total. The number of carbonyl (C=O) groups is 3. The van der Waals surface area contributed by atoms with Gasteiger partial charge in [-0.1, -0.05) is 10.3 Å². The molecular weight excluding hydrogens is 602 g/mol. The van der Waals surface area contributed by atoms with Crippen molar-refractivity contribution >= 4 is 75.5 Å². The summed E-state index contributed by atoms with van der Waals surface area (Å²) in [6, 6.07) is -1.06. The van der Waals surface area contributed by atoms with Crippen LogP contribution in [0.4, 0.5) is 5.13 Å². The first-order valence-corrected chi connectivity index (χ1v) is 13.7. The summed E-state index contributed by atoms with van der Waals surface area (Å²) in [6.07, 6.45) is 2.55. The maximum Gasteiger partial charge on any atom is 0.352 e. The number of thioether (sulfide) groups is 1. The Morgan fingerprint density at radius 3 is 2.73 bits per heavy atom. The molecule has 2 aromatic heterocycles. The zero-order chi connectivity index (χ0) is 29.8. The van der Waals surface area contributed by atoms with Gasteiger partial charge in [-0.25, -0.2) is 14.9 Å². The van der Waals surface area contributed by atoms with Gasteiger partial charge in [-0.05, 0) is 11.6 Å². The number of carboxylic acids is 1. The van der Waals surface area contributed by atoms with E-state index in [0.29, 0.717) is 0 Å². The molecule has 0 spiro atoms. The number of aromatic amines is 1. The lowest BCUT2D eigenvalue weighted by molar-refractivity contribution is -0.150. The van der Waals surface area contributed by atoms with Gasteiger partial charge in [0.25, 0.3) is 11.8 Å². The number of nitrogen functional groups attached to an aromatic ring is 1. The Balaban J connectivity index is 1.62. The van der Waals surface area contributed by atoms with Crippen LogP contribution in [0.25, 0.3) is 4.91 Å². The van der Waals surface area contributed by atoms with Crippen molar-refractivity contribution in [2.24, 2.45) is 10.3 Å². The van der Waals surface area contributed by atoms with Gasteiger partial charge >= 0.3 is 17.1 Å². The van der Waals surface area contributed by atoms with Crippen molar-refractivity contribution in [2.75, 3.05) is 25.7 Å². The first-order chi connectivity index (χ1) is 19.6. The quantitative estimate of drug-likeness (QED) is 0.0680. The third-order valence-electron chi connectivity index (χ3n) is 5.59. The van der Waals surface area contributed by atoms with Gasteiger partial charge in [0.15, 0.2) is 16.7 Å². The van der Waals surface area contributed by atoms with Crippen LogP contribution in [0.1, 0.15) is 11.5 Å². The van der Waals surface area contributed by atoms with E-state index in [4.69, 9.17) is 10.6 Å². The lowest BCUT2D eigenvalue weighted by Crippen LogP contribution is -2.71. The van der Waals surface area contributed by atoms with Gasteiger partial charge in [0, 0.05) is 16.0 Å². The highest BCUT2D eigenvalue weighted by atomic mass is 32.2. The molecule has 2 amide bonds. The molecule has 41 heavy (non-hydrogen) atoms. The summed E-state index contributed by atoms with van der Waals surface area (Å²) in [6.45, 7) is -0.188. The molecule has 2 aliphatic heterocycles. The number of oxime groups is 2. The Morgan fingerprint density at radius 1 is 1.34 bits per heavy atom. The van der Waals surface area contributed by atoms with Gasteiger partial charge in [-0.3, -0.25) is 28.6 Å². The van der Waals surface area contributed by atoms with Crippen LogP contribution in [-0.2, 0) is 30.6 Å². The summed E-state index contributed by atoms with van der Waals surface area (Å²) in [5, 5.41) is 26.6. The van der Waals surface area contributed by atoms with Gasteiger partial charge in [0.05, 0.1) is 12.8 Å². The first kappa shape index (κ1) is 29.6. The second-order valence-corrected chi connectivity index (χ2v) is 10.5. The van der Waals surface area contributed by atoms with Crippen molar-refractivity contribution in [3.63, 3.8) is 0 Å². The Labute approximate surface area is 243 Å². The van der Waals surface area contributed by atoms with Gasteiger partial charge in [0.1, 0.15) is 37.0 Å². The number of hydrogen-bond acceptors (Lipinski definition) is 15. The number of carboxylic acid groups (broad SMARTS) is 1. The number of thiazole rings is 1. The third-order valence-corrected chi connectivity index (χ3v) is 7.90. The highest BCUT2D eigenvalue weighted by Gasteiger charge is 2.54. The average Bonchev–Trinajstić information content (AvgIpc) is 3.37. The second kappa shape index (κ2) is 12.4. The number of aliphatic carboxylic acids is 1. The monoisotopic (exact) mass is 623 g/mol. The number of thiol groups is 1. The molecule has 5 N–H and O–H groups in total. The van der Waals surface area contributed by atoms with Crippen LogP contribution < -0.4 is 22.2 Å². The van der Waals surface area contributed by atoms with E-state index in [0.717, 1.165) is 20.8 Å². The Kier molecular flexibility index (Phi) is 8.93. The molecule has 4 heterocycles. The fraction of sp³-hybridized carbons (Fsp3) is 0.286. The van der Waals surface area contributed by atoms with E-state index in [1.54, 1.807) is 0 Å². The van der Waals surface area contributed by atoms with Crippen LogP contribution in [0.15, 0.2) is 42.6 Å². The number of rotatable bonds is 10. The SMILES string of the molecule is CON=CCn1c(C(S)=CC2=C(C(=O)O)N3C(=O)C(NC(=O)C(=NOC)c4csc(N)n4)C3SC2)n[nH]c(=O)c1=O. The summed E-state index contributed by atoms with van der Waals surface area (Å²) >= 11 is 6.64. The molecule has 2 aromatic rings. The zero-order valence-electron chi connectivity index (χ0n) is 21.1. The molecule has 0 aliphatic carbocycles. The molecule has 20 heteroatoms. The third kappa shape index (κ3) is 5.88. The minimum absolute atomic E-state index is 0.0257. The van der Waals surface area contributed by atoms with Crippen LogP contribution in [0.2, 0.25) is 0 Å². The van der Waals surface area contributed by atoms with Crippen LogP contribution in [0.3, 0.4) is 0 Å². The Hall–Kier alpha value is -4.43. The fourth-order valence-corrected chi connectivity index (χ4v) is 6.05. The number of carbonyl (C=O) groups excluding carboxylic acids is 2. The number of aromatic nitrogens is 4. The predicted octanol–water partition coefficient (Wildman–Crippen LogP) is -1.34. The number of nitrogens with two attached hydrogens (primary N) is 1. The van der Waals surface area contributed by atoms with Crippen molar-refractivity contribution in [2.45, 2.75) is 18.0 Å². The molecule has 2 atom stereocenters. The maximum atomic E-state index is 13.1. The van der Waals surface area contributed by atoms with Crippen molar-refractivity contribution in [3.8, 4) is 0 Å². The van der Waals surface area contributed by atoms with Crippen molar-refractivity contribution in [3.05, 3.63) is 55.0 Å². The first-order valence-electron chi connectivity index (χ1n) is 11.3. The van der Waals surface area contributed by atoms with E-state index in [1.165, 1.54) is 43.7 Å². The molecule has 0 saturated carbocycles. The molecule has 2 aliphatic rings. The number of allylic oxidation sites excluding steroid dienone is 1. The maximum absolute atomic E-state index is 13.1. The molecule has 2 unspecified atom stereocenters. The molecule has 0 radical (unpaired) electrons. The van der Waals surface area contributed by atoms with Crippen molar-refractivity contribution in [1.29, 1.82) is 0 Å². The second-order valence-electron chi connectivity index (χ2n) is 8.03. The fourth-order valence-electron chi connectivity index (χ4n) is 3.87. The standard InChI is InChI=1S/C21H21N9O8S3/c1-37-23-3-4-29-14(26-27-16(32)18(29)34)10(39)5-8-6-40-19-12(17(33)30(19)13(8)20(35)36)25-15(31)11(28-38-2)9-7-41-21(22)24-9/h3,5,7,12,19,39H,4,6H2,1-2H3,(H2,22,24)(H,25,31)(H,27,32)(H,35,36). The number of β-lactam (4-membered cyclic amide) rings is 1. The van der Waals surface area contributed by atoms with Gasteiger partial charge in [-0.15, -0.1) is 35.7 Å². The highest BCUT2D eigenvalue weighted by molar-refractivity contribution is 8.00. The molecule has 1 saturated heterocycles. The van der Waals surface area contributed by atoms with Crippen LogP contribution >= 0.6 is 35.7 Å². The minimum atomic E-state index is -1.40. The number of amides is 2. The summed E-state index contributed by atoms with van der Waals surface area (Å²) in [5.74, 6) is -2.84. The molecule has 4 rings (SSSR count). The largest absolute Gasteiger partial charge is 0.477 e. The van der Waals surface area contributed by atoms with Crippen LogP contribution in [0.5, 0.6) is 0 Å². The van der Waals surface area contributed by atoms with Crippen LogP contribution in [-0.4, -0.2) is 90.9 Å². The topological polar surface area (TPSA) is 237 Å². The molecule has 0 aromatic carbocycles. The van der Waals surface area contributed by atoms with Crippen LogP contribution in [0, 0.1) is 0 Å². The summed E-state index contributed by atoms with van der Waals surface area (Å²) in [4.78, 5) is 76.8. The lowest BCUT2D eigenvalue weighted by Gasteiger charge is -2.49. The Morgan fingerprint density at radius 2 is 2.10 bits per heavy atom. The van der Waals surface area contributed by atoms with E-state index < -0.39 is 40.3 Å². The van der Waals surface area contributed by atoms with E-state index in [1.807, 2.05) is 0 Å². The average molecular weight is 624 g/mol. The van der Waals surface area contributed by atoms with Gasteiger partial charge < -0.3 is 25.8 Å². The zero-order valence-corrected chi connectivity index (χ0v) is 23.7. The van der Waals surface area contributed by atoms with E-state index in [2.05, 4.69) is 48.3 Å². The number of H-pyrrole nitrogens is 1. The van der Waals surface area contributed by atoms with E-state index in [-0.39, 0.29) is 50.8 Å². The normalized spacial score (nSPS) is 19.2. The van der Waals surface area contributed by atoms with Crippen molar-refractivity contribution in [1.82, 2.24) is 30.0 Å². The molecule has 1 fully saturated rings. The summed E-state index contributed by atoms with van der Waals surface area (Å²) in [5.41, 5.74) is 3.48. The van der Waals surface area contributed by atoms with E-state index >= 15 is 0 Å². The number of nitrogens with one attached hydrogen (secondary N) is 2. The minimum Gasteiger partial charge on any atom is -0.477 e. The summed E-state index contributed by atoms with van der Waals surface area (Å²) in [7, 11) is 2.53. The van der Waals surface area contributed by atoms with E-state index in [9.17, 15) is 29.1 Å². The lowest BCUT2D eigenvalue weighted by atomic mass is 10.0. The number of nitrogens with zero attached hydrogens (tertiary/aromatic N) is 6. The molecular formula is C21H21N9O8S3. The van der Waals surface area contributed by atoms with Gasteiger partial charge in [0.2, 0.25) is 0 Å². The Bertz CT molecular complexity index is 1640. The molecule has 216 valence electrons. The number of anilines is 1. The number of hydrogen-bond donors (Lipinski definition) is 5. The molecule has 0 bridgehead atoms. The van der Waals surface area contributed by atoms with Crippen molar-refractivity contribution < 1.29 is 29.2 Å². The number of fused-ring (bicyclic) bond motifs is 1. The highest BCUT2D eigenvalue weighted by Crippen LogP contribution is 2.41. The predicted molar refractivity (Wildman–Crippen MR) is 151 cm³/mol.